The molecule has 0 aliphatic rings. The Labute approximate surface area is 191 Å². The molecule has 0 aliphatic carbocycles. The molecule has 2 aromatic carbocycles. The van der Waals surface area contributed by atoms with Gasteiger partial charge in [-0.05, 0) is 81.5 Å². The number of carbonyl (C=O) groups excluding carboxylic acids is 2. The minimum atomic E-state index is -0.637. The standard InChI is InChI=1S/C26H36N2O4/c1-8-19(4)27-26(30)21(6)28(15-22-9-11-23(31-7)12-10-22)25(29)16-32-24-14-17(2)13-18(3)20(24)5/h9-14,19,21H,8,15-16H2,1-7H3,(H,27,30)/t19-,21-/m0/s1. The van der Waals surface area contributed by atoms with Crippen LogP contribution in [-0.2, 0) is 16.1 Å². The molecule has 174 valence electrons. The first-order chi connectivity index (χ1) is 15.2. The van der Waals surface area contributed by atoms with Crippen LogP contribution in [0.5, 0.6) is 11.5 Å². The van der Waals surface area contributed by atoms with Crippen LogP contribution in [0.2, 0.25) is 0 Å². The summed E-state index contributed by atoms with van der Waals surface area (Å²) in [5, 5.41) is 2.97. The number of hydrogen-bond acceptors (Lipinski definition) is 4. The van der Waals surface area contributed by atoms with Crippen molar-refractivity contribution in [3.8, 4) is 11.5 Å². The summed E-state index contributed by atoms with van der Waals surface area (Å²) < 4.78 is 11.1. The van der Waals surface area contributed by atoms with Crippen molar-refractivity contribution in [1.29, 1.82) is 0 Å². The van der Waals surface area contributed by atoms with Gasteiger partial charge in [0, 0.05) is 12.6 Å². The summed E-state index contributed by atoms with van der Waals surface area (Å²) in [6.45, 7) is 11.9. The van der Waals surface area contributed by atoms with E-state index in [-0.39, 0.29) is 24.5 Å². The smallest absolute Gasteiger partial charge is 0.261 e. The molecule has 2 amide bonds. The number of nitrogens with one attached hydrogen (secondary N) is 1. The maximum Gasteiger partial charge on any atom is 0.261 e. The van der Waals surface area contributed by atoms with Crippen molar-refractivity contribution in [2.24, 2.45) is 0 Å². The second-order valence-electron chi connectivity index (χ2n) is 8.36. The fourth-order valence-corrected chi connectivity index (χ4v) is 3.35. The van der Waals surface area contributed by atoms with Crippen LogP contribution in [0.15, 0.2) is 36.4 Å². The van der Waals surface area contributed by atoms with E-state index in [2.05, 4.69) is 11.4 Å². The molecule has 32 heavy (non-hydrogen) atoms. The highest BCUT2D eigenvalue weighted by Gasteiger charge is 2.27. The Morgan fingerprint density at radius 1 is 1.06 bits per heavy atom. The zero-order valence-electron chi connectivity index (χ0n) is 20.3. The maximum absolute atomic E-state index is 13.2. The average Bonchev–Trinajstić information content (AvgIpc) is 2.78. The van der Waals surface area contributed by atoms with Gasteiger partial charge in [0.05, 0.1) is 7.11 Å². The van der Waals surface area contributed by atoms with Gasteiger partial charge in [-0.15, -0.1) is 0 Å². The zero-order valence-corrected chi connectivity index (χ0v) is 20.3. The number of nitrogens with zero attached hydrogens (tertiary/aromatic N) is 1. The molecule has 0 bridgehead atoms. The summed E-state index contributed by atoms with van der Waals surface area (Å²) in [5.41, 5.74) is 4.10. The highest BCUT2D eigenvalue weighted by molar-refractivity contribution is 5.88. The van der Waals surface area contributed by atoms with Gasteiger partial charge in [-0.3, -0.25) is 9.59 Å². The van der Waals surface area contributed by atoms with Gasteiger partial charge in [0.15, 0.2) is 6.61 Å². The molecule has 0 saturated heterocycles. The molecule has 0 fully saturated rings. The topological polar surface area (TPSA) is 67.9 Å². The molecule has 2 rings (SSSR count). The molecule has 0 radical (unpaired) electrons. The van der Waals surface area contributed by atoms with Crippen LogP contribution in [0.3, 0.4) is 0 Å². The predicted octanol–water partition coefficient (Wildman–Crippen LogP) is 4.33. The number of amides is 2. The lowest BCUT2D eigenvalue weighted by Gasteiger charge is -2.29. The molecular formula is C26H36N2O4. The normalized spacial score (nSPS) is 12.6. The third-order valence-corrected chi connectivity index (χ3v) is 5.80. The average molecular weight is 441 g/mol. The van der Waals surface area contributed by atoms with E-state index in [0.29, 0.717) is 12.3 Å². The minimum absolute atomic E-state index is 0.0389. The van der Waals surface area contributed by atoms with Gasteiger partial charge in [0.25, 0.3) is 5.91 Å². The van der Waals surface area contributed by atoms with Crippen molar-refractivity contribution in [2.45, 2.75) is 66.6 Å². The van der Waals surface area contributed by atoms with Crippen LogP contribution in [0.25, 0.3) is 0 Å². The molecule has 0 heterocycles. The molecular weight excluding hydrogens is 404 g/mol. The van der Waals surface area contributed by atoms with Gasteiger partial charge in [0.2, 0.25) is 5.91 Å². The highest BCUT2D eigenvalue weighted by atomic mass is 16.5. The Balaban J connectivity index is 2.21. The SMILES string of the molecule is CC[C@H](C)NC(=O)[C@H](C)N(Cc1ccc(OC)cc1)C(=O)COc1cc(C)cc(C)c1C. The van der Waals surface area contributed by atoms with Gasteiger partial charge < -0.3 is 19.7 Å². The molecule has 0 unspecified atom stereocenters. The number of hydrogen-bond donors (Lipinski definition) is 1. The van der Waals surface area contributed by atoms with E-state index in [9.17, 15) is 9.59 Å². The van der Waals surface area contributed by atoms with Crippen molar-refractivity contribution in [3.05, 3.63) is 58.7 Å². The third kappa shape index (κ3) is 6.74. The third-order valence-electron chi connectivity index (χ3n) is 5.80. The number of methoxy groups -OCH3 is 1. The molecule has 1 N–H and O–H groups in total. The van der Waals surface area contributed by atoms with Crippen molar-refractivity contribution in [3.63, 3.8) is 0 Å². The van der Waals surface area contributed by atoms with E-state index in [1.165, 1.54) is 0 Å². The lowest BCUT2D eigenvalue weighted by molar-refractivity contribution is -0.142. The second kappa shape index (κ2) is 11.6. The first-order valence-corrected chi connectivity index (χ1v) is 11.1. The van der Waals surface area contributed by atoms with Crippen LogP contribution in [0.1, 0.15) is 49.4 Å². The summed E-state index contributed by atoms with van der Waals surface area (Å²) in [6.07, 6.45) is 0.819. The number of rotatable bonds is 10. The van der Waals surface area contributed by atoms with Crippen molar-refractivity contribution in [1.82, 2.24) is 10.2 Å². The van der Waals surface area contributed by atoms with Crippen LogP contribution >= 0.6 is 0 Å². The molecule has 6 heteroatoms. The van der Waals surface area contributed by atoms with E-state index < -0.39 is 6.04 Å². The predicted molar refractivity (Wildman–Crippen MR) is 127 cm³/mol. The van der Waals surface area contributed by atoms with E-state index >= 15 is 0 Å². The van der Waals surface area contributed by atoms with Gasteiger partial charge in [-0.25, -0.2) is 0 Å². The van der Waals surface area contributed by atoms with E-state index in [0.717, 1.165) is 34.4 Å². The molecule has 6 nitrogen and oxygen atoms in total. The minimum Gasteiger partial charge on any atom is -0.497 e. The summed E-state index contributed by atoms with van der Waals surface area (Å²) in [6, 6.07) is 10.9. The number of carbonyl (C=O) groups is 2. The fraction of sp³-hybridized carbons (Fsp3) is 0.462. The lowest BCUT2D eigenvalue weighted by atomic mass is 10.1. The monoisotopic (exact) mass is 440 g/mol. The van der Waals surface area contributed by atoms with E-state index in [1.54, 1.807) is 18.9 Å². The van der Waals surface area contributed by atoms with Crippen LogP contribution in [-0.4, -0.2) is 42.5 Å². The fourth-order valence-electron chi connectivity index (χ4n) is 3.35. The molecule has 0 aromatic heterocycles. The summed E-state index contributed by atoms with van der Waals surface area (Å²) in [7, 11) is 1.61. The quantitative estimate of drug-likeness (QED) is 0.597. The van der Waals surface area contributed by atoms with Gasteiger partial charge in [-0.1, -0.05) is 25.1 Å². The Morgan fingerprint density at radius 3 is 2.31 bits per heavy atom. The van der Waals surface area contributed by atoms with Gasteiger partial charge >= 0.3 is 0 Å². The van der Waals surface area contributed by atoms with Crippen LogP contribution in [0.4, 0.5) is 0 Å². The van der Waals surface area contributed by atoms with E-state index in [4.69, 9.17) is 9.47 Å². The summed E-state index contributed by atoms with van der Waals surface area (Å²) >= 11 is 0. The second-order valence-corrected chi connectivity index (χ2v) is 8.36. The zero-order chi connectivity index (χ0) is 23.8. The molecule has 0 aliphatic heterocycles. The van der Waals surface area contributed by atoms with Gasteiger partial charge in [-0.2, -0.15) is 0 Å². The Bertz CT molecular complexity index is 924. The number of ether oxygens (including phenoxy) is 2. The van der Waals surface area contributed by atoms with E-state index in [1.807, 2.05) is 65.0 Å². The Morgan fingerprint density at radius 2 is 1.72 bits per heavy atom. The Kier molecular flexibility index (Phi) is 9.12. The molecule has 2 aromatic rings. The lowest BCUT2D eigenvalue weighted by Crippen LogP contribution is -2.50. The first kappa shape index (κ1) is 25.2. The first-order valence-electron chi connectivity index (χ1n) is 11.1. The molecule has 0 spiro atoms. The largest absolute Gasteiger partial charge is 0.497 e. The number of aryl methyl sites for hydroxylation is 2. The summed E-state index contributed by atoms with van der Waals surface area (Å²) in [4.78, 5) is 27.6. The van der Waals surface area contributed by atoms with Gasteiger partial charge in [0.1, 0.15) is 17.5 Å². The number of benzene rings is 2. The molecule has 0 saturated carbocycles. The van der Waals surface area contributed by atoms with Crippen LogP contribution < -0.4 is 14.8 Å². The van der Waals surface area contributed by atoms with Crippen LogP contribution in [0, 0.1) is 20.8 Å². The maximum atomic E-state index is 13.2. The molecule has 2 atom stereocenters. The summed E-state index contributed by atoms with van der Waals surface area (Å²) in [5.74, 6) is 1.01. The highest BCUT2D eigenvalue weighted by Crippen LogP contribution is 2.23. The van der Waals surface area contributed by atoms with Crippen molar-refractivity contribution >= 4 is 11.8 Å². The van der Waals surface area contributed by atoms with Crippen molar-refractivity contribution in [2.75, 3.05) is 13.7 Å². The van der Waals surface area contributed by atoms with Crippen molar-refractivity contribution < 1.29 is 19.1 Å². The Hall–Kier alpha value is -3.02.